The SMILES string of the molecule is COc1ccc(C(=O)C2C(C(=O)O)C2c2cc(OC)c(OC)c(OC)c2)cc1C. The van der Waals surface area contributed by atoms with E-state index in [1.807, 2.05) is 6.92 Å². The van der Waals surface area contributed by atoms with E-state index in [2.05, 4.69) is 0 Å². The Morgan fingerprint density at radius 2 is 1.41 bits per heavy atom. The molecule has 1 fully saturated rings. The lowest BCUT2D eigenvalue weighted by Gasteiger charge is -2.14. The maximum atomic E-state index is 13.1. The van der Waals surface area contributed by atoms with Crippen molar-refractivity contribution in [2.24, 2.45) is 11.8 Å². The van der Waals surface area contributed by atoms with Gasteiger partial charge in [0.05, 0.1) is 34.4 Å². The molecule has 1 aliphatic carbocycles. The molecule has 7 heteroatoms. The van der Waals surface area contributed by atoms with E-state index in [0.717, 1.165) is 5.56 Å². The molecule has 0 saturated heterocycles. The molecule has 7 nitrogen and oxygen atoms in total. The summed E-state index contributed by atoms with van der Waals surface area (Å²) < 4.78 is 21.3. The molecule has 3 atom stereocenters. The minimum Gasteiger partial charge on any atom is -0.496 e. The highest BCUT2D eigenvalue weighted by Crippen LogP contribution is 2.57. The molecule has 0 radical (unpaired) electrons. The number of Topliss-reactive ketones (excluding diaryl/α,β-unsaturated/α-hetero) is 1. The summed E-state index contributed by atoms with van der Waals surface area (Å²) in [7, 11) is 6.04. The zero-order valence-electron chi connectivity index (χ0n) is 17.0. The van der Waals surface area contributed by atoms with Gasteiger partial charge in [0.25, 0.3) is 0 Å². The van der Waals surface area contributed by atoms with Gasteiger partial charge in [0.2, 0.25) is 5.75 Å². The molecule has 0 spiro atoms. The van der Waals surface area contributed by atoms with Gasteiger partial charge in [-0.1, -0.05) is 0 Å². The number of rotatable bonds is 8. The number of hydrogen-bond acceptors (Lipinski definition) is 6. The average Bonchev–Trinajstić information content (AvgIpc) is 3.48. The molecule has 0 aliphatic heterocycles. The van der Waals surface area contributed by atoms with Crippen molar-refractivity contribution in [1.29, 1.82) is 0 Å². The van der Waals surface area contributed by atoms with E-state index in [0.29, 0.717) is 34.1 Å². The van der Waals surface area contributed by atoms with Gasteiger partial charge in [-0.05, 0) is 48.4 Å². The van der Waals surface area contributed by atoms with Crippen molar-refractivity contribution in [1.82, 2.24) is 0 Å². The number of aliphatic carboxylic acids is 1. The lowest BCUT2D eigenvalue weighted by Crippen LogP contribution is -2.08. The number of carbonyl (C=O) groups is 2. The van der Waals surface area contributed by atoms with Gasteiger partial charge >= 0.3 is 5.97 Å². The third-order valence-electron chi connectivity index (χ3n) is 5.36. The first-order chi connectivity index (χ1) is 13.9. The van der Waals surface area contributed by atoms with E-state index in [4.69, 9.17) is 18.9 Å². The second kappa shape index (κ2) is 8.03. The first-order valence-electron chi connectivity index (χ1n) is 9.09. The zero-order chi connectivity index (χ0) is 21.3. The lowest BCUT2D eigenvalue weighted by atomic mass is 10.0. The Hall–Kier alpha value is -3.22. The van der Waals surface area contributed by atoms with Crippen LogP contribution in [0.15, 0.2) is 30.3 Å². The maximum Gasteiger partial charge on any atom is 0.307 e. The van der Waals surface area contributed by atoms with Crippen molar-refractivity contribution in [3.63, 3.8) is 0 Å². The second-order valence-corrected chi connectivity index (χ2v) is 6.92. The number of carbonyl (C=O) groups excluding carboxylic acids is 1. The summed E-state index contributed by atoms with van der Waals surface area (Å²) in [4.78, 5) is 24.9. The molecule has 1 aliphatic rings. The van der Waals surface area contributed by atoms with Crippen LogP contribution in [0.1, 0.15) is 27.4 Å². The fraction of sp³-hybridized carbons (Fsp3) is 0.364. The largest absolute Gasteiger partial charge is 0.496 e. The summed E-state index contributed by atoms with van der Waals surface area (Å²) in [6.45, 7) is 1.84. The monoisotopic (exact) mass is 400 g/mol. The Morgan fingerprint density at radius 1 is 0.828 bits per heavy atom. The molecule has 0 bridgehead atoms. The second-order valence-electron chi connectivity index (χ2n) is 6.92. The number of benzene rings is 2. The van der Waals surface area contributed by atoms with E-state index in [-0.39, 0.29) is 5.78 Å². The van der Waals surface area contributed by atoms with Crippen molar-refractivity contribution in [2.75, 3.05) is 28.4 Å². The van der Waals surface area contributed by atoms with E-state index in [1.54, 1.807) is 37.4 Å². The van der Waals surface area contributed by atoms with Crippen molar-refractivity contribution < 1.29 is 33.6 Å². The highest BCUT2D eigenvalue weighted by atomic mass is 16.5. The predicted molar refractivity (Wildman–Crippen MR) is 106 cm³/mol. The van der Waals surface area contributed by atoms with E-state index < -0.39 is 23.7 Å². The van der Waals surface area contributed by atoms with E-state index in [1.165, 1.54) is 21.3 Å². The van der Waals surface area contributed by atoms with Gasteiger partial charge < -0.3 is 24.1 Å². The minimum absolute atomic E-state index is 0.207. The Morgan fingerprint density at radius 3 is 1.86 bits per heavy atom. The van der Waals surface area contributed by atoms with Crippen molar-refractivity contribution in [3.05, 3.63) is 47.0 Å². The number of ether oxygens (including phenoxy) is 4. The van der Waals surface area contributed by atoms with Crippen LogP contribution in [0.25, 0.3) is 0 Å². The van der Waals surface area contributed by atoms with Crippen molar-refractivity contribution in [3.8, 4) is 23.0 Å². The Bertz CT molecular complexity index is 925. The third kappa shape index (κ3) is 3.60. The van der Waals surface area contributed by atoms with Crippen LogP contribution in [0.4, 0.5) is 0 Å². The van der Waals surface area contributed by atoms with Gasteiger partial charge in [0, 0.05) is 17.4 Å². The number of hydrogen-bond donors (Lipinski definition) is 1. The third-order valence-corrected chi connectivity index (χ3v) is 5.36. The molecular weight excluding hydrogens is 376 g/mol. The molecule has 3 unspecified atom stereocenters. The fourth-order valence-electron chi connectivity index (χ4n) is 3.88. The van der Waals surface area contributed by atoms with Gasteiger partial charge in [-0.15, -0.1) is 0 Å². The van der Waals surface area contributed by atoms with Gasteiger partial charge in [0.1, 0.15) is 5.75 Å². The molecule has 1 saturated carbocycles. The summed E-state index contributed by atoms with van der Waals surface area (Å²) in [6.07, 6.45) is 0. The first kappa shape index (κ1) is 20.5. The molecule has 154 valence electrons. The van der Waals surface area contributed by atoms with Crippen LogP contribution in [0, 0.1) is 18.8 Å². The van der Waals surface area contributed by atoms with Gasteiger partial charge in [-0.25, -0.2) is 0 Å². The molecule has 0 amide bonds. The average molecular weight is 400 g/mol. The predicted octanol–water partition coefficient (Wildman–Crippen LogP) is 3.33. The van der Waals surface area contributed by atoms with Crippen LogP contribution >= 0.6 is 0 Å². The smallest absolute Gasteiger partial charge is 0.307 e. The number of methoxy groups -OCH3 is 4. The fourth-order valence-corrected chi connectivity index (χ4v) is 3.88. The highest BCUT2D eigenvalue weighted by molar-refractivity contribution is 6.04. The van der Waals surface area contributed by atoms with Crippen LogP contribution in [0.3, 0.4) is 0 Å². The van der Waals surface area contributed by atoms with E-state index >= 15 is 0 Å². The highest BCUT2D eigenvalue weighted by Gasteiger charge is 2.60. The molecule has 2 aromatic rings. The molecule has 29 heavy (non-hydrogen) atoms. The molecule has 0 heterocycles. The topological polar surface area (TPSA) is 91.3 Å². The number of ketones is 1. The minimum atomic E-state index is -1.01. The lowest BCUT2D eigenvalue weighted by molar-refractivity contribution is -0.138. The van der Waals surface area contributed by atoms with Gasteiger partial charge in [-0.2, -0.15) is 0 Å². The van der Waals surface area contributed by atoms with Crippen molar-refractivity contribution >= 4 is 11.8 Å². The molecule has 1 N–H and O–H groups in total. The van der Waals surface area contributed by atoms with Crippen molar-refractivity contribution in [2.45, 2.75) is 12.8 Å². The summed E-state index contributed by atoms with van der Waals surface area (Å²) >= 11 is 0. The summed E-state index contributed by atoms with van der Waals surface area (Å²) in [6, 6.07) is 8.51. The number of carboxylic acids is 1. The van der Waals surface area contributed by atoms with Crippen LogP contribution in [0.5, 0.6) is 23.0 Å². The Kier molecular flexibility index (Phi) is 5.68. The van der Waals surface area contributed by atoms with Gasteiger partial charge in [-0.3, -0.25) is 9.59 Å². The normalized spacial score (nSPS) is 20.0. The van der Waals surface area contributed by atoms with E-state index in [9.17, 15) is 14.7 Å². The summed E-state index contributed by atoms with van der Waals surface area (Å²) in [5.41, 5.74) is 1.94. The first-order valence-corrected chi connectivity index (χ1v) is 9.09. The molecule has 2 aromatic carbocycles. The molecule has 0 aromatic heterocycles. The Balaban J connectivity index is 1.99. The van der Waals surface area contributed by atoms with Crippen LogP contribution in [-0.2, 0) is 4.79 Å². The number of carboxylic acid groups (broad SMARTS) is 1. The zero-order valence-corrected chi connectivity index (χ0v) is 17.0. The van der Waals surface area contributed by atoms with Gasteiger partial charge in [0.15, 0.2) is 17.3 Å². The summed E-state index contributed by atoms with van der Waals surface area (Å²) in [5.74, 6) is -1.23. The van der Waals surface area contributed by atoms with Crippen LogP contribution < -0.4 is 18.9 Å². The standard InChI is InChI=1S/C22H24O7/c1-11-8-12(6-7-14(11)26-2)20(23)18-17(19(18)22(24)25)13-9-15(27-3)21(29-5)16(10-13)28-4/h6-10,17-19H,1-5H3,(H,24,25). The maximum absolute atomic E-state index is 13.1. The van der Waals surface area contributed by atoms with Crippen LogP contribution in [-0.4, -0.2) is 45.3 Å². The molecule has 3 rings (SSSR count). The van der Waals surface area contributed by atoms with Crippen LogP contribution in [0.2, 0.25) is 0 Å². The Labute approximate surface area is 169 Å². The summed E-state index contributed by atoms with van der Waals surface area (Å²) in [5, 5.41) is 9.68. The number of aryl methyl sites for hydroxylation is 1. The quantitative estimate of drug-likeness (QED) is 0.680. The molecular formula is C22H24O7.